The van der Waals surface area contributed by atoms with Crippen LogP contribution in [0.15, 0.2) is 18.3 Å². The number of carbonyl (C=O) groups is 1. The average molecular weight is 275 g/mol. The Labute approximate surface area is 119 Å². The summed E-state index contributed by atoms with van der Waals surface area (Å²) >= 11 is 0. The van der Waals surface area contributed by atoms with Crippen molar-refractivity contribution >= 4 is 6.29 Å². The van der Waals surface area contributed by atoms with Crippen LogP contribution in [0.1, 0.15) is 55.4 Å². The summed E-state index contributed by atoms with van der Waals surface area (Å²) in [7, 11) is 0. The summed E-state index contributed by atoms with van der Waals surface area (Å²) in [5, 5.41) is 0. The summed E-state index contributed by atoms with van der Waals surface area (Å²) in [6.45, 7) is 0.782. The Balaban J connectivity index is 1.63. The van der Waals surface area contributed by atoms with Crippen LogP contribution in [-0.4, -0.2) is 29.6 Å². The molecule has 0 aromatic carbocycles. The maximum atomic E-state index is 10.6. The lowest BCUT2D eigenvalue weighted by atomic mass is 9.79. The predicted molar refractivity (Wildman–Crippen MR) is 75.0 cm³/mol. The summed E-state index contributed by atoms with van der Waals surface area (Å²) in [6.07, 6.45) is 10.7. The van der Waals surface area contributed by atoms with Crippen molar-refractivity contribution < 1.29 is 14.3 Å². The molecular formula is C16H21NO3. The molecule has 1 spiro atoms. The highest BCUT2D eigenvalue weighted by Gasteiger charge is 2.39. The van der Waals surface area contributed by atoms with E-state index >= 15 is 0 Å². The molecule has 0 N–H and O–H groups in total. The van der Waals surface area contributed by atoms with E-state index < -0.39 is 0 Å². The number of nitrogens with zero attached hydrogens (tertiary/aromatic N) is 1. The van der Waals surface area contributed by atoms with E-state index in [-0.39, 0.29) is 11.7 Å². The lowest BCUT2D eigenvalue weighted by Crippen LogP contribution is -2.45. The molecule has 2 aliphatic rings. The molecule has 108 valence electrons. The molecule has 4 heteroatoms. The third-order valence-corrected chi connectivity index (χ3v) is 4.40. The van der Waals surface area contributed by atoms with E-state index in [1.165, 1.54) is 19.3 Å². The zero-order chi connectivity index (χ0) is 13.8. The molecule has 3 rings (SSSR count). The van der Waals surface area contributed by atoms with Gasteiger partial charge in [-0.15, -0.1) is 0 Å². The van der Waals surface area contributed by atoms with Gasteiger partial charge in [0.2, 0.25) is 0 Å². The fraction of sp³-hybridized carbons (Fsp3) is 0.625. The maximum Gasteiger partial charge on any atom is 0.168 e. The van der Waals surface area contributed by atoms with Gasteiger partial charge in [-0.25, -0.2) is 4.98 Å². The van der Waals surface area contributed by atoms with Crippen LogP contribution in [0.4, 0.5) is 0 Å². The summed E-state index contributed by atoms with van der Waals surface area (Å²) in [5.41, 5.74) is 0.491. The van der Waals surface area contributed by atoms with Gasteiger partial charge in [-0.2, -0.15) is 0 Å². The highest BCUT2D eigenvalue weighted by molar-refractivity contribution is 5.71. The van der Waals surface area contributed by atoms with Gasteiger partial charge in [-0.05, 0) is 25.0 Å². The van der Waals surface area contributed by atoms with Crippen molar-refractivity contribution in [1.82, 2.24) is 4.98 Å². The molecule has 0 bridgehead atoms. The Morgan fingerprint density at radius 2 is 2.15 bits per heavy atom. The Hall–Kier alpha value is -1.42. The predicted octanol–water partition coefficient (Wildman–Crippen LogP) is 3.15. The van der Waals surface area contributed by atoms with Crippen LogP contribution >= 0.6 is 0 Å². The van der Waals surface area contributed by atoms with Crippen molar-refractivity contribution in [3.05, 3.63) is 24.0 Å². The first-order chi connectivity index (χ1) is 9.80. The quantitative estimate of drug-likeness (QED) is 0.795. The smallest absolute Gasteiger partial charge is 0.168 e. The number of rotatable bonds is 3. The molecule has 2 fully saturated rings. The van der Waals surface area contributed by atoms with Crippen molar-refractivity contribution in [1.29, 1.82) is 0 Å². The van der Waals surface area contributed by atoms with Crippen LogP contribution in [0.2, 0.25) is 0 Å². The fourth-order valence-corrected chi connectivity index (χ4v) is 3.35. The van der Waals surface area contributed by atoms with E-state index in [9.17, 15) is 4.79 Å². The second kappa shape index (κ2) is 5.92. The minimum absolute atomic E-state index is 0.0529. The normalized spacial score (nSPS) is 25.3. The van der Waals surface area contributed by atoms with Crippen molar-refractivity contribution in [3.8, 4) is 5.75 Å². The van der Waals surface area contributed by atoms with Gasteiger partial charge >= 0.3 is 0 Å². The summed E-state index contributed by atoms with van der Waals surface area (Å²) in [6, 6.07) is 3.51. The molecular weight excluding hydrogens is 254 g/mol. The number of aldehydes is 1. The van der Waals surface area contributed by atoms with Gasteiger partial charge in [0.15, 0.2) is 6.29 Å². The van der Waals surface area contributed by atoms with Crippen molar-refractivity contribution in [2.45, 2.75) is 56.7 Å². The molecule has 1 unspecified atom stereocenters. The summed E-state index contributed by atoms with van der Waals surface area (Å²) in [5.74, 6) is 0.744. The van der Waals surface area contributed by atoms with E-state index in [4.69, 9.17) is 9.47 Å². The van der Waals surface area contributed by atoms with Gasteiger partial charge < -0.3 is 9.47 Å². The third kappa shape index (κ3) is 3.01. The second-order valence-corrected chi connectivity index (χ2v) is 5.86. The molecule has 1 aliphatic heterocycles. The number of carbonyl (C=O) groups excluding carboxylic acids is 1. The first-order valence-corrected chi connectivity index (χ1v) is 7.52. The number of hydrogen-bond acceptors (Lipinski definition) is 4. The number of pyridine rings is 1. The van der Waals surface area contributed by atoms with Gasteiger partial charge in [-0.1, -0.05) is 19.3 Å². The van der Waals surface area contributed by atoms with Crippen LogP contribution in [0.3, 0.4) is 0 Å². The van der Waals surface area contributed by atoms with E-state index in [0.717, 1.165) is 44.3 Å². The largest absolute Gasteiger partial charge is 0.489 e. The zero-order valence-corrected chi connectivity index (χ0v) is 11.7. The summed E-state index contributed by atoms with van der Waals surface area (Å²) in [4.78, 5) is 14.6. The van der Waals surface area contributed by atoms with Crippen LogP contribution in [0.25, 0.3) is 0 Å². The van der Waals surface area contributed by atoms with Crippen molar-refractivity contribution in [2.75, 3.05) is 6.61 Å². The molecule has 1 aromatic heterocycles. The zero-order valence-electron chi connectivity index (χ0n) is 11.7. The van der Waals surface area contributed by atoms with Gasteiger partial charge in [0, 0.05) is 12.8 Å². The SMILES string of the molecule is O=Cc1ccc(OC2CCOC3(CCCCC3)C2)cn1. The van der Waals surface area contributed by atoms with E-state index in [0.29, 0.717) is 5.69 Å². The van der Waals surface area contributed by atoms with Crippen molar-refractivity contribution in [2.24, 2.45) is 0 Å². The number of hydrogen-bond donors (Lipinski definition) is 0. The lowest BCUT2D eigenvalue weighted by molar-refractivity contribution is -0.129. The summed E-state index contributed by atoms with van der Waals surface area (Å²) < 4.78 is 12.1. The van der Waals surface area contributed by atoms with E-state index in [2.05, 4.69) is 4.98 Å². The molecule has 2 heterocycles. The molecule has 4 nitrogen and oxygen atoms in total. The number of ether oxygens (including phenoxy) is 2. The van der Waals surface area contributed by atoms with Crippen LogP contribution in [-0.2, 0) is 4.74 Å². The minimum atomic E-state index is 0.0529. The van der Waals surface area contributed by atoms with Crippen LogP contribution in [0, 0.1) is 0 Å². The molecule has 1 atom stereocenters. The fourth-order valence-electron chi connectivity index (χ4n) is 3.35. The standard InChI is InChI=1S/C16H21NO3/c18-12-13-4-5-15(11-17-13)20-14-6-9-19-16(10-14)7-2-1-3-8-16/h4-5,11-12,14H,1-3,6-10H2. The maximum absolute atomic E-state index is 10.6. The highest BCUT2D eigenvalue weighted by Crippen LogP contribution is 2.39. The minimum Gasteiger partial charge on any atom is -0.489 e. The van der Waals surface area contributed by atoms with Gasteiger partial charge in [0.05, 0.1) is 18.4 Å². The monoisotopic (exact) mass is 275 g/mol. The number of aromatic nitrogens is 1. The molecule has 1 saturated heterocycles. The highest BCUT2D eigenvalue weighted by atomic mass is 16.5. The van der Waals surface area contributed by atoms with E-state index in [1.807, 2.05) is 6.07 Å². The molecule has 1 aliphatic carbocycles. The van der Waals surface area contributed by atoms with Gasteiger partial charge in [-0.3, -0.25) is 4.79 Å². The topological polar surface area (TPSA) is 48.4 Å². The Bertz CT molecular complexity index is 446. The average Bonchev–Trinajstić information content (AvgIpc) is 2.49. The second-order valence-electron chi connectivity index (χ2n) is 5.86. The first kappa shape index (κ1) is 13.6. The molecule has 0 radical (unpaired) electrons. The van der Waals surface area contributed by atoms with E-state index in [1.54, 1.807) is 12.3 Å². The van der Waals surface area contributed by atoms with Gasteiger partial charge in [0.25, 0.3) is 0 Å². The van der Waals surface area contributed by atoms with Gasteiger partial charge in [0.1, 0.15) is 17.5 Å². The Kier molecular flexibility index (Phi) is 4.01. The Morgan fingerprint density at radius 3 is 2.85 bits per heavy atom. The molecule has 0 amide bonds. The van der Waals surface area contributed by atoms with Crippen molar-refractivity contribution in [3.63, 3.8) is 0 Å². The van der Waals surface area contributed by atoms with Crippen LogP contribution in [0.5, 0.6) is 5.75 Å². The first-order valence-electron chi connectivity index (χ1n) is 7.52. The lowest BCUT2D eigenvalue weighted by Gasteiger charge is -2.43. The molecule has 20 heavy (non-hydrogen) atoms. The Morgan fingerprint density at radius 1 is 1.30 bits per heavy atom. The molecule has 1 aromatic rings. The van der Waals surface area contributed by atoms with Crippen LogP contribution < -0.4 is 4.74 Å². The third-order valence-electron chi connectivity index (χ3n) is 4.40. The molecule has 1 saturated carbocycles.